The van der Waals surface area contributed by atoms with Gasteiger partial charge in [0.25, 0.3) is 0 Å². The molecule has 1 N–H and O–H groups in total. The van der Waals surface area contributed by atoms with Crippen LogP contribution >= 0.6 is 0 Å². The lowest BCUT2D eigenvalue weighted by molar-refractivity contribution is 0.187. The zero-order valence-corrected chi connectivity index (χ0v) is 10.2. The van der Waals surface area contributed by atoms with Gasteiger partial charge in [0.2, 0.25) is 0 Å². The van der Waals surface area contributed by atoms with Crippen molar-refractivity contribution in [2.75, 3.05) is 19.6 Å². The van der Waals surface area contributed by atoms with E-state index >= 15 is 0 Å². The van der Waals surface area contributed by atoms with Crippen LogP contribution in [0.5, 0.6) is 0 Å². The first-order valence-electron chi connectivity index (χ1n) is 6.38. The number of benzene rings is 1. The molecule has 0 spiro atoms. The molecule has 1 aromatic rings. The van der Waals surface area contributed by atoms with Crippen LogP contribution in [0.15, 0.2) is 30.3 Å². The van der Waals surface area contributed by atoms with Crippen LogP contribution in [-0.2, 0) is 6.54 Å². The summed E-state index contributed by atoms with van der Waals surface area (Å²) in [5.41, 5.74) is 1.43. The normalized spacial score (nSPS) is 22.2. The van der Waals surface area contributed by atoms with Crippen molar-refractivity contribution in [3.05, 3.63) is 35.9 Å². The molecule has 2 nitrogen and oxygen atoms in total. The molecular weight excluding hydrogens is 196 g/mol. The summed E-state index contributed by atoms with van der Waals surface area (Å²) < 4.78 is 0. The van der Waals surface area contributed by atoms with Crippen molar-refractivity contribution in [2.24, 2.45) is 0 Å². The summed E-state index contributed by atoms with van der Waals surface area (Å²) in [4.78, 5) is 2.56. The number of piperazine rings is 1. The molecule has 0 amide bonds. The highest BCUT2D eigenvalue weighted by Crippen LogP contribution is 2.09. The zero-order valence-electron chi connectivity index (χ0n) is 10.2. The SMILES string of the molecule is CCC[C@H]1CN(Cc2ccccc2)CCN1.[HH]. The van der Waals surface area contributed by atoms with E-state index in [1.54, 1.807) is 0 Å². The molecule has 1 fully saturated rings. The second kappa shape index (κ2) is 6.02. The molecule has 1 aromatic carbocycles. The molecule has 90 valence electrons. The topological polar surface area (TPSA) is 15.3 Å². The molecule has 0 saturated carbocycles. The molecule has 16 heavy (non-hydrogen) atoms. The van der Waals surface area contributed by atoms with Crippen molar-refractivity contribution in [3.8, 4) is 0 Å². The second-order valence-electron chi connectivity index (χ2n) is 4.66. The van der Waals surface area contributed by atoms with Crippen LogP contribution in [-0.4, -0.2) is 30.6 Å². The third-order valence-electron chi connectivity index (χ3n) is 3.23. The van der Waals surface area contributed by atoms with Crippen LogP contribution in [0.25, 0.3) is 0 Å². The maximum absolute atomic E-state index is 3.59. The summed E-state index contributed by atoms with van der Waals surface area (Å²) in [5.74, 6) is 0. The van der Waals surface area contributed by atoms with Crippen molar-refractivity contribution in [2.45, 2.75) is 32.4 Å². The lowest BCUT2D eigenvalue weighted by Gasteiger charge is -2.33. The minimum absolute atomic E-state index is 0. The standard InChI is InChI=1S/C14H22N2.H2/c1-2-6-14-12-16(10-9-15-14)11-13-7-4-3-5-8-13;/h3-5,7-8,14-15H,2,6,9-12H2,1H3;1H/t14-;/m0./s1. The number of nitrogens with one attached hydrogen (secondary N) is 1. The fourth-order valence-electron chi connectivity index (χ4n) is 2.42. The Morgan fingerprint density at radius 2 is 2.19 bits per heavy atom. The van der Waals surface area contributed by atoms with Gasteiger partial charge in [-0.1, -0.05) is 43.7 Å². The Kier molecular flexibility index (Phi) is 4.37. The molecule has 2 heteroatoms. The first kappa shape index (κ1) is 11.6. The smallest absolute Gasteiger partial charge is 0.0234 e. The summed E-state index contributed by atoms with van der Waals surface area (Å²) >= 11 is 0. The molecule has 2 rings (SSSR count). The fraction of sp³-hybridized carbons (Fsp3) is 0.571. The summed E-state index contributed by atoms with van der Waals surface area (Å²) in [7, 11) is 0. The van der Waals surface area contributed by atoms with Gasteiger partial charge in [-0.2, -0.15) is 0 Å². The third-order valence-corrected chi connectivity index (χ3v) is 3.23. The van der Waals surface area contributed by atoms with Gasteiger partial charge in [0.05, 0.1) is 0 Å². The van der Waals surface area contributed by atoms with Gasteiger partial charge in [0.15, 0.2) is 0 Å². The highest BCUT2D eigenvalue weighted by molar-refractivity contribution is 5.14. The summed E-state index contributed by atoms with van der Waals surface area (Å²) in [6.07, 6.45) is 2.57. The van der Waals surface area contributed by atoms with Crippen LogP contribution < -0.4 is 5.32 Å². The lowest BCUT2D eigenvalue weighted by Crippen LogP contribution is -2.50. The Morgan fingerprint density at radius 1 is 1.38 bits per heavy atom. The van der Waals surface area contributed by atoms with Crippen LogP contribution in [0.1, 0.15) is 26.8 Å². The Morgan fingerprint density at radius 3 is 2.94 bits per heavy atom. The molecule has 1 atom stereocenters. The minimum atomic E-state index is 0. The van der Waals surface area contributed by atoms with Gasteiger partial charge in [0, 0.05) is 33.6 Å². The Balaban J connectivity index is 0.00000144. The predicted octanol–water partition coefficient (Wildman–Crippen LogP) is 2.51. The summed E-state index contributed by atoms with van der Waals surface area (Å²) in [6.45, 7) is 6.87. The van der Waals surface area contributed by atoms with Crippen molar-refractivity contribution >= 4 is 0 Å². The van der Waals surface area contributed by atoms with Crippen LogP contribution in [0.3, 0.4) is 0 Å². The number of nitrogens with zero attached hydrogens (tertiary/aromatic N) is 1. The molecule has 0 bridgehead atoms. The van der Waals surface area contributed by atoms with E-state index in [-0.39, 0.29) is 1.43 Å². The highest BCUT2D eigenvalue weighted by atomic mass is 15.2. The van der Waals surface area contributed by atoms with Crippen molar-refractivity contribution in [1.82, 2.24) is 10.2 Å². The van der Waals surface area contributed by atoms with E-state index in [2.05, 4.69) is 47.5 Å². The first-order valence-corrected chi connectivity index (χ1v) is 6.38. The Labute approximate surface area is 100 Å². The van der Waals surface area contributed by atoms with Crippen molar-refractivity contribution in [3.63, 3.8) is 0 Å². The molecule has 1 aliphatic rings. The van der Waals surface area contributed by atoms with Crippen LogP contribution in [0.4, 0.5) is 0 Å². The van der Waals surface area contributed by atoms with E-state index in [9.17, 15) is 0 Å². The molecule has 1 heterocycles. The van der Waals surface area contributed by atoms with E-state index in [4.69, 9.17) is 0 Å². The summed E-state index contributed by atoms with van der Waals surface area (Å²) in [6, 6.07) is 11.5. The monoisotopic (exact) mass is 220 g/mol. The van der Waals surface area contributed by atoms with Crippen LogP contribution in [0.2, 0.25) is 0 Å². The van der Waals surface area contributed by atoms with E-state index in [0.717, 1.165) is 13.1 Å². The first-order chi connectivity index (χ1) is 7.88. The van der Waals surface area contributed by atoms with Gasteiger partial charge in [-0.15, -0.1) is 0 Å². The molecular formula is C14H24N2. The average molecular weight is 220 g/mol. The van der Waals surface area contributed by atoms with Crippen molar-refractivity contribution in [1.29, 1.82) is 0 Å². The molecule has 0 radical (unpaired) electrons. The van der Waals surface area contributed by atoms with E-state index in [1.165, 1.54) is 31.5 Å². The van der Waals surface area contributed by atoms with E-state index in [0.29, 0.717) is 6.04 Å². The van der Waals surface area contributed by atoms with Gasteiger partial charge < -0.3 is 5.32 Å². The van der Waals surface area contributed by atoms with Gasteiger partial charge in [-0.05, 0) is 12.0 Å². The zero-order chi connectivity index (χ0) is 11.2. The Bertz CT molecular complexity index is 300. The third kappa shape index (κ3) is 3.32. The Hall–Kier alpha value is -0.860. The largest absolute Gasteiger partial charge is 0.311 e. The van der Waals surface area contributed by atoms with Gasteiger partial charge in [-0.25, -0.2) is 0 Å². The van der Waals surface area contributed by atoms with E-state index in [1.807, 2.05) is 0 Å². The highest BCUT2D eigenvalue weighted by Gasteiger charge is 2.17. The van der Waals surface area contributed by atoms with Crippen molar-refractivity contribution < 1.29 is 1.43 Å². The summed E-state index contributed by atoms with van der Waals surface area (Å²) in [5, 5.41) is 3.59. The number of rotatable bonds is 4. The average Bonchev–Trinajstić information content (AvgIpc) is 2.31. The maximum atomic E-state index is 3.59. The number of hydrogen-bond donors (Lipinski definition) is 1. The van der Waals surface area contributed by atoms with Gasteiger partial charge in [-0.3, -0.25) is 4.90 Å². The van der Waals surface area contributed by atoms with Crippen LogP contribution in [0, 0.1) is 0 Å². The molecule has 1 saturated heterocycles. The molecule has 1 aliphatic heterocycles. The lowest BCUT2D eigenvalue weighted by atomic mass is 10.1. The molecule has 0 aliphatic carbocycles. The number of hydrogen-bond acceptors (Lipinski definition) is 2. The molecule has 0 unspecified atom stereocenters. The predicted molar refractivity (Wildman–Crippen MR) is 70.5 cm³/mol. The van der Waals surface area contributed by atoms with E-state index < -0.39 is 0 Å². The molecule has 0 aromatic heterocycles. The van der Waals surface area contributed by atoms with Gasteiger partial charge in [0.1, 0.15) is 0 Å². The van der Waals surface area contributed by atoms with Gasteiger partial charge >= 0.3 is 0 Å². The fourth-order valence-corrected chi connectivity index (χ4v) is 2.42. The second-order valence-corrected chi connectivity index (χ2v) is 4.66. The minimum Gasteiger partial charge on any atom is -0.311 e. The quantitative estimate of drug-likeness (QED) is 0.838. The maximum Gasteiger partial charge on any atom is 0.0234 e.